The molecule has 0 aromatic rings. The van der Waals surface area contributed by atoms with Crippen LogP contribution in [0.25, 0.3) is 0 Å². The van der Waals surface area contributed by atoms with Gasteiger partial charge in [-0.05, 0) is 69.2 Å². The quantitative estimate of drug-likeness (QED) is 0.697. The lowest BCUT2D eigenvalue weighted by Gasteiger charge is -2.57. The van der Waals surface area contributed by atoms with Gasteiger partial charge in [-0.1, -0.05) is 19.8 Å². The molecule has 0 unspecified atom stereocenters. The second-order valence-corrected chi connectivity index (χ2v) is 6.83. The van der Waals surface area contributed by atoms with E-state index in [9.17, 15) is 0 Å². The predicted molar refractivity (Wildman–Crippen MR) is 68.4 cm³/mol. The first kappa shape index (κ1) is 11.1. The van der Waals surface area contributed by atoms with Crippen LogP contribution in [0.1, 0.15) is 64.7 Å². The van der Waals surface area contributed by atoms with Crippen molar-refractivity contribution in [2.45, 2.75) is 70.3 Å². The van der Waals surface area contributed by atoms with E-state index in [4.69, 9.17) is 0 Å². The maximum absolute atomic E-state index is 3.96. The largest absolute Gasteiger partial charge is 0.311 e. The van der Waals surface area contributed by atoms with Gasteiger partial charge in [0.15, 0.2) is 0 Å². The first-order valence-corrected chi connectivity index (χ1v) is 7.55. The molecule has 0 aliphatic heterocycles. The first-order valence-electron chi connectivity index (χ1n) is 7.55. The molecule has 4 saturated carbocycles. The van der Waals surface area contributed by atoms with E-state index in [1.165, 1.54) is 45.1 Å². The molecule has 4 fully saturated rings. The Morgan fingerprint density at radius 3 is 2.00 bits per heavy atom. The van der Waals surface area contributed by atoms with Crippen LogP contribution >= 0.6 is 0 Å². The lowest BCUT2D eigenvalue weighted by atomic mass is 9.53. The SMILES string of the molecule is CCCCCNC12CC3CC(CC(C3)C1)C2. The van der Waals surface area contributed by atoms with Gasteiger partial charge in [-0.3, -0.25) is 0 Å². The molecule has 1 nitrogen and oxygen atoms in total. The molecule has 92 valence electrons. The summed E-state index contributed by atoms with van der Waals surface area (Å²) in [6.07, 6.45) is 13.4. The van der Waals surface area contributed by atoms with E-state index < -0.39 is 0 Å². The molecule has 1 heteroatoms. The zero-order valence-electron chi connectivity index (χ0n) is 10.8. The van der Waals surface area contributed by atoms with Crippen molar-refractivity contribution >= 4 is 0 Å². The monoisotopic (exact) mass is 221 g/mol. The minimum absolute atomic E-state index is 0.600. The minimum atomic E-state index is 0.600. The molecule has 0 atom stereocenters. The summed E-state index contributed by atoms with van der Waals surface area (Å²) in [6.45, 7) is 3.57. The van der Waals surface area contributed by atoms with Crippen molar-refractivity contribution in [3.05, 3.63) is 0 Å². The summed E-state index contributed by atoms with van der Waals surface area (Å²) in [7, 11) is 0. The summed E-state index contributed by atoms with van der Waals surface area (Å²) in [4.78, 5) is 0. The van der Waals surface area contributed by atoms with E-state index in [0.29, 0.717) is 5.54 Å². The zero-order valence-corrected chi connectivity index (χ0v) is 10.8. The lowest BCUT2D eigenvalue weighted by molar-refractivity contribution is -0.0196. The highest BCUT2D eigenvalue weighted by Gasteiger charge is 2.50. The summed E-state index contributed by atoms with van der Waals surface area (Å²) in [5.41, 5.74) is 0.600. The second kappa shape index (κ2) is 4.33. The average Bonchev–Trinajstić information content (AvgIpc) is 2.22. The van der Waals surface area contributed by atoms with Gasteiger partial charge in [0.1, 0.15) is 0 Å². The first-order chi connectivity index (χ1) is 7.80. The van der Waals surface area contributed by atoms with Crippen molar-refractivity contribution < 1.29 is 0 Å². The van der Waals surface area contributed by atoms with Crippen LogP contribution in [0.3, 0.4) is 0 Å². The molecule has 4 rings (SSSR count). The number of nitrogens with one attached hydrogen (secondary N) is 1. The van der Waals surface area contributed by atoms with E-state index >= 15 is 0 Å². The van der Waals surface area contributed by atoms with Crippen molar-refractivity contribution in [1.29, 1.82) is 0 Å². The third-order valence-corrected chi connectivity index (χ3v) is 5.32. The van der Waals surface area contributed by atoms with E-state index in [0.717, 1.165) is 17.8 Å². The van der Waals surface area contributed by atoms with Crippen molar-refractivity contribution in [1.82, 2.24) is 5.32 Å². The van der Waals surface area contributed by atoms with Crippen molar-refractivity contribution in [3.63, 3.8) is 0 Å². The molecular formula is C15H27N. The third-order valence-electron chi connectivity index (χ3n) is 5.32. The van der Waals surface area contributed by atoms with E-state index in [2.05, 4.69) is 12.2 Å². The molecule has 1 N–H and O–H groups in total. The van der Waals surface area contributed by atoms with Crippen LogP contribution in [0, 0.1) is 17.8 Å². The maximum Gasteiger partial charge on any atom is 0.0189 e. The van der Waals surface area contributed by atoms with Crippen LogP contribution in [-0.2, 0) is 0 Å². The molecule has 16 heavy (non-hydrogen) atoms. The molecule has 0 amide bonds. The summed E-state index contributed by atoms with van der Waals surface area (Å²) in [6, 6.07) is 0. The van der Waals surface area contributed by atoms with E-state index in [1.54, 1.807) is 19.3 Å². The fourth-order valence-corrected chi connectivity index (χ4v) is 5.06. The molecule has 0 aromatic heterocycles. The topological polar surface area (TPSA) is 12.0 Å². The summed E-state index contributed by atoms with van der Waals surface area (Å²) in [5.74, 6) is 3.26. The Morgan fingerprint density at radius 2 is 1.50 bits per heavy atom. The predicted octanol–water partition coefficient (Wildman–Crippen LogP) is 3.74. The maximum atomic E-state index is 3.96. The van der Waals surface area contributed by atoms with Crippen LogP contribution in [0.4, 0.5) is 0 Å². The third kappa shape index (κ3) is 2.03. The van der Waals surface area contributed by atoms with Gasteiger partial charge in [0.25, 0.3) is 0 Å². The number of unbranched alkanes of at least 4 members (excludes halogenated alkanes) is 2. The van der Waals surface area contributed by atoms with Gasteiger partial charge in [-0.25, -0.2) is 0 Å². The highest BCUT2D eigenvalue weighted by atomic mass is 15.0. The number of rotatable bonds is 5. The standard InChI is InChI=1S/C15H27N/c1-2-3-4-5-16-15-9-12-6-13(10-15)8-14(7-12)11-15/h12-14,16H,2-11H2,1H3. The summed E-state index contributed by atoms with van der Waals surface area (Å²) < 4.78 is 0. The summed E-state index contributed by atoms with van der Waals surface area (Å²) in [5, 5.41) is 3.96. The fourth-order valence-electron chi connectivity index (χ4n) is 5.06. The molecule has 0 radical (unpaired) electrons. The molecule has 0 saturated heterocycles. The van der Waals surface area contributed by atoms with Gasteiger partial charge in [-0.15, -0.1) is 0 Å². The van der Waals surface area contributed by atoms with Crippen LogP contribution in [-0.4, -0.2) is 12.1 Å². The van der Waals surface area contributed by atoms with Crippen molar-refractivity contribution in [2.75, 3.05) is 6.54 Å². The van der Waals surface area contributed by atoms with Crippen LogP contribution in [0.2, 0.25) is 0 Å². The molecule has 0 spiro atoms. The fraction of sp³-hybridized carbons (Fsp3) is 1.00. The molecular weight excluding hydrogens is 194 g/mol. The van der Waals surface area contributed by atoms with Crippen LogP contribution < -0.4 is 5.32 Å². The van der Waals surface area contributed by atoms with Crippen molar-refractivity contribution in [2.24, 2.45) is 17.8 Å². The van der Waals surface area contributed by atoms with E-state index in [-0.39, 0.29) is 0 Å². The van der Waals surface area contributed by atoms with Gasteiger partial charge in [0.2, 0.25) is 0 Å². The molecule has 4 aliphatic carbocycles. The summed E-state index contributed by atoms with van der Waals surface area (Å²) >= 11 is 0. The Labute approximate surface area is 100 Å². The molecule has 0 heterocycles. The Bertz CT molecular complexity index is 211. The molecule has 0 aromatic carbocycles. The molecule has 4 bridgehead atoms. The minimum Gasteiger partial charge on any atom is -0.311 e. The van der Waals surface area contributed by atoms with Gasteiger partial charge in [-0.2, -0.15) is 0 Å². The lowest BCUT2D eigenvalue weighted by Crippen LogP contribution is -2.58. The van der Waals surface area contributed by atoms with Gasteiger partial charge in [0.05, 0.1) is 0 Å². The number of hydrogen-bond donors (Lipinski definition) is 1. The Morgan fingerprint density at radius 1 is 0.938 bits per heavy atom. The van der Waals surface area contributed by atoms with Crippen molar-refractivity contribution in [3.8, 4) is 0 Å². The van der Waals surface area contributed by atoms with Crippen LogP contribution in [0.15, 0.2) is 0 Å². The zero-order chi connectivity index (χ0) is 11.0. The normalized spacial score (nSPS) is 45.2. The molecule has 4 aliphatic rings. The Hall–Kier alpha value is -0.0400. The highest BCUT2D eigenvalue weighted by Crippen LogP contribution is 2.55. The van der Waals surface area contributed by atoms with Crippen LogP contribution in [0.5, 0.6) is 0 Å². The van der Waals surface area contributed by atoms with Gasteiger partial charge in [0, 0.05) is 5.54 Å². The Kier molecular flexibility index (Phi) is 2.99. The number of hydrogen-bond acceptors (Lipinski definition) is 1. The second-order valence-electron chi connectivity index (χ2n) is 6.83. The smallest absolute Gasteiger partial charge is 0.0189 e. The highest BCUT2D eigenvalue weighted by molar-refractivity contribution is 5.06. The van der Waals surface area contributed by atoms with E-state index in [1.807, 2.05) is 0 Å². The van der Waals surface area contributed by atoms with Gasteiger partial charge < -0.3 is 5.32 Å². The Balaban J connectivity index is 1.56. The van der Waals surface area contributed by atoms with Gasteiger partial charge >= 0.3 is 0 Å². The average molecular weight is 221 g/mol.